The van der Waals surface area contributed by atoms with Gasteiger partial charge in [0.25, 0.3) is 0 Å². The molecule has 2 N–H and O–H groups in total. The number of ether oxygens (including phenoxy) is 1. The Morgan fingerprint density at radius 3 is 2.94 bits per heavy atom. The molecule has 1 aliphatic rings. The maximum absolute atomic E-state index is 14.2. The van der Waals surface area contributed by atoms with Crippen molar-refractivity contribution in [3.63, 3.8) is 0 Å². The van der Waals surface area contributed by atoms with Crippen LogP contribution in [0.15, 0.2) is 18.2 Å². The van der Waals surface area contributed by atoms with Crippen molar-refractivity contribution in [2.75, 3.05) is 24.7 Å². The molecule has 2 atom stereocenters. The van der Waals surface area contributed by atoms with Crippen LogP contribution in [0.5, 0.6) is 0 Å². The minimum absolute atomic E-state index is 0.139. The van der Waals surface area contributed by atoms with Crippen molar-refractivity contribution < 1.29 is 9.13 Å². The van der Waals surface area contributed by atoms with Gasteiger partial charge in [0.15, 0.2) is 0 Å². The molecule has 0 bridgehead atoms. The van der Waals surface area contributed by atoms with Crippen LogP contribution in [0.25, 0.3) is 0 Å². The Hall–Kier alpha value is -1.13. The minimum Gasteiger partial charge on any atom is -0.377 e. The second kappa shape index (κ2) is 5.67. The molecule has 3 nitrogen and oxygen atoms in total. The average Bonchev–Trinajstić information content (AvgIpc) is 2.38. The van der Waals surface area contributed by atoms with Gasteiger partial charge in [-0.3, -0.25) is 0 Å². The molecule has 1 heterocycles. The largest absolute Gasteiger partial charge is 0.377 e. The van der Waals surface area contributed by atoms with Gasteiger partial charge in [-0.15, -0.1) is 0 Å². The summed E-state index contributed by atoms with van der Waals surface area (Å²) in [5, 5.41) is 0. The molecule has 1 aliphatic heterocycles. The highest BCUT2D eigenvalue weighted by Crippen LogP contribution is 2.26. The van der Waals surface area contributed by atoms with Crippen molar-refractivity contribution in [3.8, 4) is 0 Å². The zero-order valence-corrected chi connectivity index (χ0v) is 11.0. The monoisotopic (exact) mass is 252 g/mol. The van der Waals surface area contributed by atoms with Crippen LogP contribution in [0.4, 0.5) is 10.1 Å². The summed E-state index contributed by atoms with van der Waals surface area (Å²) in [6.07, 6.45) is 0.953. The van der Waals surface area contributed by atoms with Gasteiger partial charge in [0, 0.05) is 12.6 Å². The average molecular weight is 252 g/mol. The Balaban J connectivity index is 2.26. The molecule has 1 aromatic rings. The van der Waals surface area contributed by atoms with Gasteiger partial charge in [0.05, 0.1) is 24.9 Å². The molecule has 4 heteroatoms. The van der Waals surface area contributed by atoms with E-state index in [-0.39, 0.29) is 17.9 Å². The molecular weight excluding hydrogens is 231 g/mol. The standard InChI is InChI=1S/C14H21FN2O/c1-3-12-9-18-7-6-17(12)14-5-4-11(10(2)16)8-13(14)15/h4-5,8,10,12H,3,6-7,9,16H2,1-2H3. The molecule has 2 rings (SSSR count). The predicted molar refractivity (Wildman–Crippen MR) is 71.2 cm³/mol. The number of anilines is 1. The maximum atomic E-state index is 14.2. The van der Waals surface area contributed by atoms with Crippen LogP contribution in [0, 0.1) is 5.82 Å². The number of benzene rings is 1. The van der Waals surface area contributed by atoms with Crippen LogP contribution in [0.1, 0.15) is 31.9 Å². The first-order valence-corrected chi connectivity index (χ1v) is 6.53. The number of nitrogens with zero attached hydrogens (tertiary/aromatic N) is 1. The molecular formula is C14H21FN2O. The van der Waals surface area contributed by atoms with Crippen molar-refractivity contribution in [2.24, 2.45) is 5.73 Å². The van der Waals surface area contributed by atoms with E-state index in [4.69, 9.17) is 10.5 Å². The Bertz CT molecular complexity index is 409. The third-order valence-corrected chi connectivity index (χ3v) is 3.51. The zero-order valence-electron chi connectivity index (χ0n) is 11.0. The summed E-state index contributed by atoms with van der Waals surface area (Å²) < 4.78 is 19.6. The van der Waals surface area contributed by atoms with Gasteiger partial charge in [-0.2, -0.15) is 0 Å². The van der Waals surface area contributed by atoms with Crippen LogP contribution in [0.2, 0.25) is 0 Å². The number of rotatable bonds is 3. The summed E-state index contributed by atoms with van der Waals surface area (Å²) in [6.45, 7) is 6.03. The van der Waals surface area contributed by atoms with Crippen LogP contribution in [-0.2, 0) is 4.74 Å². The molecule has 100 valence electrons. The fraction of sp³-hybridized carbons (Fsp3) is 0.571. The number of hydrogen-bond donors (Lipinski definition) is 1. The van der Waals surface area contributed by atoms with E-state index in [9.17, 15) is 4.39 Å². The van der Waals surface area contributed by atoms with Gasteiger partial charge >= 0.3 is 0 Å². The van der Waals surface area contributed by atoms with E-state index in [1.54, 1.807) is 6.07 Å². The molecule has 0 aliphatic carbocycles. The second-order valence-electron chi connectivity index (χ2n) is 4.83. The number of halogens is 1. The molecule has 0 aromatic heterocycles. The minimum atomic E-state index is -0.190. The molecule has 2 unspecified atom stereocenters. The highest BCUT2D eigenvalue weighted by Gasteiger charge is 2.24. The summed E-state index contributed by atoms with van der Waals surface area (Å²) in [6, 6.07) is 5.41. The maximum Gasteiger partial charge on any atom is 0.146 e. The summed E-state index contributed by atoms with van der Waals surface area (Å²) >= 11 is 0. The SMILES string of the molecule is CCC1COCCN1c1ccc(C(C)N)cc1F. The third kappa shape index (κ3) is 2.65. The van der Waals surface area contributed by atoms with Gasteiger partial charge in [-0.1, -0.05) is 13.0 Å². The van der Waals surface area contributed by atoms with Gasteiger partial charge in [0.2, 0.25) is 0 Å². The highest BCUT2D eigenvalue weighted by atomic mass is 19.1. The first kappa shape index (κ1) is 13.3. The second-order valence-corrected chi connectivity index (χ2v) is 4.83. The van der Waals surface area contributed by atoms with E-state index in [1.165, 1.54) is 0 Å². The lowest BCUT2D eigenvalue weighted by Gasteiger charge is -2.37. The fourth-order valence-electron chi connectivity index (χ4n) is 2.35. The topological polar surface area (TPSA) is 38.5 Å². The lowest BCUT2D eigenvalue weighted by atomic mass is 10.1. The number of hydrogen-bond acceptors (Lipinski definition) is 3. The number of nitrogens with two attached hydrogens (primary N) is 1. The molecule has 0 radical (unpaired) electrons. The van der Waals surface area contributed by atoms with Crippen molar-refractivity contribution in [1.82, 2.24) is 0 Å². The molecule has 1 aromatic carbocycles. The van der Waals surface area contributed by atoms with Gasteiger partial charge < -0.3 is 15.4 Å². The summed E-state index contributed by atoms with van der Waals surface area (Å²) in [4.78, 5) is 2.10. The van der Waals surface area contributed by atoms with Crippen LogP contribution in [-0.4, -0.2) is 25.8 Å². The van der Waals surface area contributed by atoms with Crippen LogP contribution < -0.4 is 10.6 Å². The Kier molecular flexibility index (Phi) is 4.19. The van der Waals surface area contributed by atoms with Crippen LogP contribution in [0.3, 0.4) is 0 Å². The van der Waals surface area contributed by atoms with Crippen molar-refractivity contribution in [2.45, 2.75) is 32.4 Å². The van der Waals surface area contributed by atoms with Crippen molar-refractivity contribution in [1.29, 1.82) is 0 Å². The first-order chi connectivity index (χ1) is 8.63. The molecule has 1 fully saturated rings. The van der Waals surface area contributed by atoms with E-state index in [2.05, 4.69) is 11.8 Å². The molecule has 0 spiro atoms. The van der Waals surface area contributed by atoms with E-state index < -0.39 is 0 Å². The Morgan fingerprint density at radius 2 is 2.33 bits per heavy atom. The molecule has 0 saturated carbocycles. The first-order valence-electron chi connectivity index (χ1n) is 6.53. The summed E-state index contributed by atoms with van der Waals surface area (Å²) in [5.74, 6) is -0.190. The zero-order chi connectivity index (χ0) is 13.1. The molecule has 1 saturated heterocycles. The third-order valence-electron chi connectivity index (χ3n) is 3.51. The van der Waals surface area contributed by atoms with Gasteiger partial charge in [-0.25, -0.2) is 4.39 Å². The van der Waals surface area contributed by atoms with E-state index in [0.717, 1.165) is 18.5 Å². The summed E-state index contributed by atoms with van der Waals surface area (Å²) in [7, 11) is 0. The normalized spacial score (nSPS) is 22.0. The quantitative estimate of drug-likeness (QED) is 0.898. The molecule has 18 heavy (non-hydrogen) atoms. The fourth-order valence-corrected chi connectivity index (χ4v) is 2.35. The highest BCUT2D eigenvalue weighted by molar-refractivity contribution is 5.51. The Labute approximate surface area is 108 Å². The lowest BCUT2D eigenvalue weighted by molar-refractivity contribution is 0.0926. The van der Waals surface area contributed by atoms with Gasteiger partial charge in [0.1, 0.15) is 5.82 Å². The molecule has 0 amide bonds. The van der Waals surface area contributed by atoms with E-state index >= 15 is 0 Å². The summed E-state index contributed by atoms with van der Waals surface area (Å²) in [5.41, 5.74) is 7.26. The Morgan fingerprint density at radius 1 is 1.56 bits per heavy atom. The predicted octanol–water partition coefficient (Wildman–Crippen LogP) is 2.46. The van der Waals surface area contributed by atoms with E-state index in [0.29, 0.717) is 18.9 Å². The number of morpholine rings is 1. The van der Waals surface area contributed by atoms with Gasteiger partial charge in [-0.05, 0) is 31.0 Å². The lowest BCUT2D eigenvalue weighted by Crippen LogP contribution is -2.45. The van der Waals surface area contributed by atoms with Crippen molar-refractivity contribution in [3.05, 3.63) is 29.6 Å². The van der Waals surface area contributed by atoms with Crippen LogP contribution >= 0.6 is 0 Å². The van der Waals surface area contributed by atoms with Crippen molar-refractivity contribution >= 4 is 5.69 Å². The smallest absolute Gasteiger partial charge is 0.146 e. The van der Waals surface area contributed by atoms with E-state index in [1.807, 2.05) is 19.1 Å².